The second-order valence-electron chi connectivity index (χ2n) is 5.65. The maximum absolute atomic E-state index is 11.3. The summed E-state index contributed by atoms with van der Waals surface area (Å²) in [6, 6.07) is 9.96. The molecule has 0 spiro atoms. The fraction of sp³-hybridized carbons (Fsp3) is 0.235. The molecule has 116 valence electrons. The first-order valence-electron chi connectivity index (χ1n) is 7.57. The minimum atomic E-state index is -0.339. The summed E-state index contributed by atoms with van der Waals surface area (Å²) in [6.07, 6.45) is 5.54. The zero-order chi connectivity index (χ0) is 15.8. The number of benzene rings is 1. The highest BCUT2D eigenvalue weighted by Gasteiger charge is 2.29. The molecule has 5 nitrogen and oxygen atoms in total. The highest BCUT2D eigenvalue weighted by Crippen LogP contribution is 2.42. The normalized spacial score (nSPS) is 17.7. The second kappa shape index (κ2) is 5.62. The third kappa shape index (κ3) is 2.35. The smallest absolute Gasteiger partial charge is 0.278 e. The van der Waals surface area contributed by atoms with Gasteiger partial charge in [0.2, 0.25) is 0 Å². The van der Waals surface area contributed by atoms with E-state index in [1.165, 1.54) is 4.88 Å². The summed E-state index contributed by atoms with van der Waals surface area (Å²) in [4.78, 5) is 18.7. The van der Waals surface area contributed by atoms with Gasteiger partial charge >= 0.3 is 0 Å². The lowest BCUT2D eigenvalue weighted by molar-refractivity contribution is -0.383. The van der Waals surface area contributed by atoms with Gasteiger partial charge in [-0.25, -0.2) is 0 Å². The van der Waals surface area contributed by atoms with Gasteiger partial charge in [0.1, 0.15) is 0 Å². The van der Waals surface area contributed by atoms with Crippen molar-refractivity contribution in [3.05, 3.63) is 63.1 Å². The Morgan fingerprint density at radius 3 is 2.96 bits per heavy atom. The van der Waals surface area contributed by atoms with E-state index in [4.69, 9.17) is 0 Å². The number of nitrogens with zero attached hydrogens (tertiary/aromatic N) is 3. The van der Waals surface area contributed by atoms with Gasteiger partial charge in [0.15, 0.2) is 0 Å². The van der Waals surface area contributed by atoms with E-state index in [1.54, 1.807) is 29.8 Å². The van der Waals surface area contributed by atoms with E-state index in [0.717, 1.165) is 30.5 Å². The molecule has 3 aromatic rings. The predicted octanol–water partition coefficient (Wildman–Crippen LogP) is 4.55. The van der Waals surface area contributed by atoms with Crippen molar-refractivity contribution in [3.63, 3.8) is 0 Å². The van der Waals surface area contributed by atoms with Gasteiger partial charge in [-0.05, 0) is 36.4 Å². The third-order valence-electron chi connectivity index (χ3n) is 4.40. The van der Waals surface area contributed by atoms with Crippen LogP contribution in [0.3, 0.4) is 0 Å². The molecule has 3 heterocycles. The van der Waals surface area contributed by atoms with Crippen LogP contribution in [0.4, 0.5) is 11.4 Å². The zero-order valence-corrected chi connectivity index (χ0v) is 13.2. The minimum absolute atomic E-state index is 0.115. The summed E-state index contributed by atoms with van der Waals surface area (Å²) in [7, 11) is 0. The molecule has 1 saturated heterocycles. The maximum Gasteiger partial charge on any atom is 0.278 e. The highest BCUT2D eigenvalue weighted by molar-refractivity contribution is 7.10. The molecule has 2 aromatic heterocycles. The van der Waals surface area contributed by atoms with Gasteiger partial charge in [-0.15, -0.1) is 11.3 Å². The first kappa shape index (κ1) is 14.1. The molecule has 1 aromatic carbocycles. The molecule has 1 fully saturated rings. The molecular weight excluding hydrogens is 310 g/mol. The minimum Gasteiger partial charge on any atom is -0.363 e. The van der Waals surface area contributed by atoms with E-state index in [-0.39, 0.29) is 10.6 Å². The molecule has 0 amide bonds. The van der Waals surface area contributed by atoms with E-state index in [0.29, 0.717) is 11.4 Å². The van der Waals surface area contributed by atoms with Crippen LogP contribution in [0.25, 0.3) is 10.8 Å². The van der Waals surface area contributed by atoms with Crippen LogP contribution in [0.5, 0.6) is 0 Å². The zero-order valence-electron chi connectivity index (χ0n) is 12.4. The van der Waals surface area contributed by atoms with Crippen molar-refractivity contribution in [1.29, 1.82) is 0 Å². The molecular formula is C17H15N3O2S. The molecule has 1 atom stereocenters. The van der Waals surface area contributed by atoms with Crippen molar-refractivity contribution in [2.24, 2.45) is 0 Å². The Bertz CT molecular complexity index is 863. The topological polar surface area (TPSA) is 59.3 Å². The van der Waals surface area contributed by atoms with Crippen LogP contribution in [0.15, 0.2) is 48.1 Å². The summed E-state index contributed by atoms with van der Waals surface area (Å²) < 4.78 is 0. The number of nitro benzene ring substituents is 1. The quantitative estimate of drug-likeness (QED) is 0.524. The van der Waals surface area contributed by atoms with E-state index in [1.807, 2.05) is 12.1 Å². The highest BCUT2D eigenvalue weighted by atomic mass is 32.1. The lowest BCUT2D eigenvalue weighted by Crippen LogP contribution is -2.22. The van der Waals surface area contributed by atoms with Gasteiger partial charge in [-0.1, -0.05) is 6.07 Å². The van der Waals surface area contributed by atoms with Crippen molar-refractivity contribution in [1.82, 2.24) is 4.98 Å². The Labute approximate surface area is 137 Å². The number of pyridine rings is 1. The predicted molar refractivity (Wildman–Crippen MR) is 92.0 cm³/mol. The number of fused-ring (bicyclic) bond motifs is 1. The van der Waals surface area contributed by atoms with Crippen LogP contribution in [-0.4, -0.2) is 16.5 Å². The number of rotatable bonds is 3. The summed E-state index contributed by atoms with van der Waals surface area (Å²) in [5.41, 5.74) is 1.17. The average Bonchev–Trinajstić information content (AvgIpc) is 3.24. The summed E-state index contributed by atoms with van der Waals surface area (Å²) in [6.45, 7) is 0.970. The first-order valence-corrected chi connectivity index (χ1v) is 8.45. The number of hydrogen-bond acceptors (Lipinski definition) is 5. The number of nitro groups is 1. The van der Waals surface area contributed by atoms with Crippen LogP contribution in [-0.2, 0) is 0 Å². The molecule has 1 unspecified atom stereocenters. The largest absolute Gasteiger partial charge is 0.363 e. The van der Waals surface area contributed by atoms with Gasteiger partial charge < -0.3 is 4.90 Å². The van der Waals surface area contributed by atoms with Gasteiger partial charge in [-0.2, -0.15) is 0 Å². The fourth-order valence-corrected chi connectivity index (χ4v) is 4.27. The van der Waals surface area contributed by atoms with Gasteiger partial charge in [0, 0.05) is 41.0 Å². The Kier molecular flexibility index (Phi) is 3.46. The number of anilines is 1. The van der Waals surface area contributed by atoms with Crippen molar-refractivity contribution >= 4 is 33.5 Å². The van der Waals surface area contributed by atoms with Crippen molar-refractivity contribution < 1.29 is 4.92 Å². The van der Waals surface area contributed by atoms with Crippen molar-refractivity contribution in [2.45, 2.75) is 18.9 Å². The molecule has 0 aliphatic carbocycles. The monoisotopic (exact) mass is 325 g/mol. The van der Waals surface area contributed by atoms with Gasteiger partial charge in [0.25, 0.3) is 5.69 Å². The van der Waals surface area contributed by atoms with Crippen molar-refractivity contribution in [2.75, 3.05) is 11.4 Å². The number of hydrogen-bond donors (Lipinski definition) is 0. The van der Waals surface area contributed by atoms with Crippen LogP contribution < -0.4 is 4.90 Å². The standard InChI is InChI=1S/C17H15N3O2S/c21-20(22)15-6-5-14(12-7-8-18-11-13(12)15)19-9-1-3-16(19)17-4-2-10-23-17/h2,4-8,10-11,16H,1,3,9H2. The summed E-state index contributed by atoms with van der Waals surface area (Å²) >= 11 is 1.77. The number of aromatic nitrogens is 1. The molecule has 23 heavy (non-hydrogen) atoms. The second-order valence-corrected chi connectivity index (χ2v) is 6.63. The van der Waals surface area contributed by atoms with Crippen LogP contribution in [0.2, 0.25) is 0 Å². The lowest BCUT2D eigenvalue weighted by Gasteiger charge is -2.27. The molecule has 0 N–H and O–H groups in total. The van der Waals surface area contributed by atoms with E-state index in [2.05, 4.69) is 27.4 Å². The van der Waals surface area contributed by atoms with Crippen LogP contribution >= 0.6 is 11.3 Å². The summed E-state index contributed by atoms with van der Waals surface area (Å²) in [5, 5.41) is 14.9. The molecule has 0 saturated carbocycles. The molecule has 4 rings (SSSR count). The molecule has 0 radical (unpaired) electrons. The van der Waals surface area contributed by atoms with Gasteiger partial charge in [0.05, 0.1) is 16.4 Å². The SMILES string of the molecule is O=[N+]([O-])c1ccc(N2CCCC2c2cccs2)c2ccncc12. The van der Waals surface area contributed by atoms with E-state index >= 15 is 0 Å². The van der Waals surface area contributed by atoms with Crippen molar-refractivity contribution in [3.8, 4) is 0 Å². The molecule has 1 aliphatic rings. The fourth-order valence-electron chi connectivity index (χ4n) is 3.40. The van der Waals surface area contributed by atoms with Gasteiger partial charge in [-0.3, -0.25) is 15.1 Å². The molecule has 6 heteroatoms. The van der Waals surface area contributed by atoms with Crippen LogP contribution in [0, 0.1) is 10.1 Å². The average molecular weight is 325 g/mol. The Morgan fingerprint density at radius 2 is 2.17 bits per heavy atom. The first-order chi connectivity index (χ1) is 11.3. The van der Waals surface area contributed by atoms with E-state index in [9.17, 15) is 10.1 Å². The van der Waals surface area contributed by atoms with Crippen LogP contribution in [0.1, 0.15) is 23.8 Å². The molecule has 1 aliphatic heterocycles. The van der Waals surface area contributed by atoms with E-state index < -0.39 is 0 Å². The Morgan fingerprint density at radius 1 is 1.26 bits per heavy atom. The molecule has 0 bridgehead atoms. The maximum atomic E-state index is 11.3. The summed E-state index contributed by atoms with van der Waals surface area (Å²) in [5.74, 6) is 0. The Balaban J connectivity index is 1.86. The number of thiophene rings is 1. The lowest BCUT2D eigenvalue weighted by atomic mass is 10.1. The number of non-ortho nitro benzene ring substituents is 1. The third-order valence-corrected chi connectivity index (χ3v) is 5.38. The Hall–Kier alpha value is -2.47.